The van der Waals surface area contributed by atoms with E-state index in [-0.39, 0.29) is 11.9 Å². The molecule has 1 fully saturated rings. The van der Waals surface area contributed by atoms with E-state index in [0.29, 0.717) is 4.57 Å². The van der Waals surface area contributed by atoms with E-state index in [4.69, 9.17) is 9.84 Å². The molecule has 1 heterocycles. The minimum atomic E-state index is -1.27. The fourth-order valence-corrected chi connectivity index (χ4v) is 2.65. The number of carbonyl (C=O) groups is 1. The van der Waals surface area contributed by atoms with Crippen molar-refractivity contribution in [3.8, 4) is 5.75 Å². The number of aromatic nitrogens is 1. The van der Waals surface area contributed by atoms with E-state index in [1.165, 1.54) is 12.6 Å². The number of hydrogen-bond donors (Lipinski definition) is 1. The molecule has 1 N–H and O–H groups in total. The molecule has 1 saturated carbocycles. The van der Waals surface area contributed by atoms with Crippen LogP contribution in [0.2, 0.25) is 0 Å². The summed E-state index contributed by atoms with van der Waals surface area (Å²) in [7, 11) is 0. The van der Waals surface area contributed by atoms with Crippen LogP contribution in [-0.2, 0) is 6.42 Å². The van der Waals surface area contributed by atoms with E-state index >= 15 is 0 Å². The molecule has 0 bridgehead atoms. The van der Waals surface area contributed by atoms with Crippen molar-refractivity contribution in [3.63, 3.8) is 0 Å². The van der Waals surface area contributed by atoms with Gasteiger partial charge in [0.1, 0.15) is 0 Å². The average Bonchev–Trinajstić information content (AvgIpc) is 2.44. The Morgan fingerprint density at radius 2 is 2.10 bits per heavy atom. The molecular weight excluding hydrogens is 258 g/mol. The number of carboxylic acid groups (broad SMARTS) is 1. The zero-order valence-electron chi connectivity index (χ0n) is 11.8. The summed E-state index contributed by atoms with van der Waals surface area (Å²) in [6, 6.07) is 1.68. The van der Waals surface area contributed by atoms with Gasteiger partial charge < -0.3 is 9.84 Å². The number of aryl methyl sites for hydroxylation is 1. The van der Waals surface area contributed by atoms with Crippen molar-refractivity contribution in [2.75, 3.05) is 0 Å². The summed E-state index contributed by atoms with van der Waals surface area (Å²) in [6.45, 7) is 2.02. The normalized spacial score (nSPS) is 16.1. The Balaban J connectivity index is 2.33. The summed E-state index contributed by atoms with van der Waals surface area (Å²) in [5.41, 5.74) is 0.245. The Bertz CT molecular complexity index is 529. The van der Waals surface area contributed by atoms with E-state index in [2.05, 4.69) is 0 Å². The highest BCUT2D eigenvalue weighted by Crippen LogP contribution is 2.24. The molecule has 0 spiro atoms. The van der Waals surface area contributed by atoms with Crippen molar-refractivity contribution in [1.82, 2.24) is 4.57 Å². The number of hydrogen-bond acceptors (Lipinski definition) is 3. The summed E-state index contributed by atoms with van der Waals surface area (Å²) in [6.07, 6.45) is 6.97. The number of nitrogens with zero attached hydrogens (tertiary/aromatic N) is 1. The van der Waals surface area contributed by atoms with Crippen molar-refractivity contribution < 1.29 is 14.6 Å². The topological polar surface area (TPSA) is 68.5 Å². The third-order valence-electron chi connectivity index (χ3n) is 3.69. The monoisotopic (exact) mass is 279 g/mol. The van der Waals surface area contributed by atoms with Crippen molar-refractivity contribution in [2.24, 2.45) is 0 Å². The van der Waals surface area contributed by atoms with Crippen molar-refractivity contribution in [1.29, 1.82) is 0 Å². The molecule has 20 heavy (non-hydrogen) atoms. The predicted octanol–water partition coefficient (Wildman–Crippen LogP) is 3.04. The first kappa shape index (κ1) is 14.6. The highest BCUT2D eigenvalue weighted by Gasteiger charge is 2.20. The predicted molar refractivity (Wildman–Crippen MR) is 75.6 cm³/mol. The Kier molecular flexibility index (Phi) is 4.82. The first-order valence-corrected chi connectivity index (χ1v) is 7.28. The molecule has 0 aliphatic heterocycles. The smallest absolute Gasteiger partial charge is 0.418 e. The first-order valence-electron chi connectivity index (χ1n) is 7.28. The lowest BCUT2D eigenvalue weighted by molar-refractivity contribution is 0.149. The van der Waals surface area contributed by atoms with Crippen LogP contribution in [0, 0.1) is 0 Å². The molecule has 1 aromatic heterocycles. The average molecular weight is 279 g/mol. The van der Waals surface area contributed by atoms with E-state index in [9.17, 15) is 9.59 Å². The van der Waals surface area contributed by atoms with Crippen molar-refractivity contribution >= 4 is 6.09 Å². The molecule has 0 amide bonds. The molecule has 1 aliphatic carbocycles. The zero-order chi connectivity index (χ0) is 14.5. The summed E-state index contributed by atoms with van der Waals surface area (Å²) >= 11 is 0. The van der Waals surface area contributed by atoms with Crippen LogP contribution < -0.4 is 10.3 Å². The Morgan fingerprint density at radius 3 is 2.70 bits per heavy atom. The number of rotatable bonds is 4. The lowest BCUT2D eigenvalue weighted by atomic mass is 9.97. The van der Waals surface area contributed by atoms with Crippen LogP contribution in [0.1, 0.15) is 51.0 Å². The summed E-state index contributed by atoms with van der Waals surface area (Å²) in [5.74, 6) is 0.226. The lowest BCUT2D eigenvalue weighted by Gasteiger charge is -2.24. The Labute approximate surface area is 118 Å². The van der Waals surface area contributed by atoms with Crippen LogP contribution in [-0.4, -0.2) is 21.9 Å². The van der Waals surface area contributed by atoms with Gasteiger partial charge in [-0.1, -0.05) is 19.8 Å². The standard InChI is InChI=1S/C15H21NO4/c1-2-6-11-9-10-16(15(18)19)14(17)13(11)20-12-7-4-3-5-8-12/h9-10,12H,2-8H2,1H3,(H,18,19). The van der Waals surface area contributed by atoms with Gasteiger partial charge in [-0.3, -0.25) is 4.79 Å². The maximum absolute atomic E-state index is 12.2. The van der Waals surface area contributed by atoms with Gasteiger partial charge in [-0.15, -0.1) is 0 Å². The maximum Gasteiger partial charge on any atom is 0.418 e. The highest BCUT2D eigenvalue weighted by atomic mass is 16.5. The second-order valence-electron chi connectivity index (χ2n) is 5.26. The SMILES string of the molecule is CCCc1ccn(C(=O)O)c(=O)c1OC1CCCCC1. The minimum absolute atomic E-state index is 0.0386. The van der Waals surface area contributed by atoms with Crippen LogP contribution in [0.5, 0.6) is 5.75 Å². The van der Waals surface area contributed by atoms with Gasteiger partial charge in [-0.05, 0) is 38.2 Å². The molecule has 0 aromatic carbocycles. The molecule has 5 nitrogen and oxygen atoms in total. The first-order chi connectivity index (χ1) is 9.63. The zero-order valence-corrected chi connectivity index (χ0v) is 11.8. The van der Waals surface area contributed by atoms with Gasteiger partial charge in [0.2, 0.25) is 0 Å². The minimum Gasteiger partial charge on any atom is -0.484 e. The lowest BCUT2D eigenvalue weighted by Crippen LogP contribution is -2.30. The molecule has 0 atom stereocenters. The van der Waals surface area contributed by atoms with Gasteiger partial charge in [-0.25, -0.2) is 9.36 Å². The van der Waals surface area contributed by atoms with E-state index in [0.717, 1.165) is 44.1 Å². The quantitative estimate of drug-likeness (QED) is 0.919. The largest absolute Gasteiger partial charge is 0.484 e. The van der Waals surface area contributed by atoms with Gasteiger partial charge in [0.05, 0.1) is 6.10 Å². The van der Waals surface area contributed by atoms with Gasteiger partial charge in [0.25, 0.3) is 0 Å². The van der Waals surface area contributed by atoms with Gasteiger partial charge >= 0.3 is 11.7 Å². The molecule has 1 aliphatic rings. The molecular formula is C15H21NO4. The molecule has 1 aromatic rings. The molecule has 0 saturated heterocycles. The maximum atomic E-state index is 12.2. The third kappa shape index (κ3) is 3.21. The van der Waals surface area contributed by atoms with Gasteiger partial charge in [0, 0.05) is 11.8 Å². The van der Waals surface area contributed by atoms with Gasteiger partial charge in [0.15, 0.2) is 5.75 Å². The van der Waals surface area contributed by atoms with Crippen LogP contribution in [0.15, 0.2) is 17.1 Å². The second kappa shape index (κ2) is 6.59. The van der Waals surface area contributed by atoms with E-state index in [1.807, 2.05) is 6.92 Å². The number of pyridine rings is 1. The van der Waals surface area contributed by atoms with Crippen LogP contribution in [0.25, 0.3) is 0 Å². The van der Waals surface area contributed by atoms with E-state index < -0.39 is 11.7 Å². The number of ether oxygens (including phenoxy) is 1. The van der Waals surface area contributed by atoms with E-state index in [1.54, 1.807) is 6.07 Å². The third-order valence-corrected chi connectivity index (χ3v) is 3.69. The molecule has 0 unspecified atom stereocenters. The summed E-state index contributed by atoms with van der Waals surface area (Å²) < 4.78 is 6.56. The molecule has 2 rings (SSSR count). The molecule has 5 heteroatoms. The Morgan fingerprint density at radius 1 is 1.40 bits per heavy atom. The summed E-state index contributed by atoms with van der Waals surface area (Å²) in [5, 5.41) is 9.02. The van der Waals surface area contributed by atoms with Crippen molar-refractivity contribution in [3.05, 3.63) is 28.2 Å². The van der Waals surface area contributed by atoms with Crippen LogP contribution in [0.4, 0.5) is 4.79 Å². The summed E-state index contributed by atoms with van der Waals surface area (Å²) in [4.78, 5) is 23.3. The Hall–Kier alpha value is -1.78. The molecule has 110 valence electrons. The fraction of sp³-hybridized carbons (Fsp3) is 0.600. The second-order valence-corrected chi connectivity index (χ2v) is 5.26. The van der Waals surface area contributed by atoms with Crippen molar-refractivity contribution in [2.45, 2.75) is 58.0 Å². The van der Waals surface area contributed by atoms with Crippen LogP contribution in [0.3, 0.4) is 0 Å². The van der Waals surface area contributed by atoms with Gasteiger partial charge in [-0.2, -0.15) is 0 Å². The molecule has 0 radical (unpaired) electrons. The fourth-order valence-electron chi connectivity index (χ4n) is 2.65. The highest BCUT2D eigenvalue weighted by molar-refractivity contribution is 5.68. The van der Waals surface area contributed by atoms with Crippen LogP contribution >= 0.6 is 0 Å².